The van der Waals surface area contributed by atoms with Crippen LogP contribution in [-0.4, -0.2) is 42.3 Å². The van der Waals surface area contributed by atoms with Crippen LogP contribution in [0, 0.1) is 11.8 Å². The maximum Gasteiger partial charge on any atom is 0.255 e. The molecular weight excluding hydrogens is 450 g/mol. The van der Waals surface area contributed by atoms with E-state index in [9.17, 15) is 14.4 Å². The first-order valence-corrected chi connectivity index (χ1v) is 12.6. The van der Waals surface area contributed by atoms with E-state index in [1.807, 2.05) is 0 Å². The monoisotopic (exact) mass is 481 g/mol. The summed E-state index contributed by atoms with van der Waals surface area (Å²) in [6.45, 7) is 1.86. The van der Waals surface area contributed by atoms with Crippen LogP contribution in [0.4, 0.5) is 5.69 Å². The summed E-state index contributed by atoms with van der Waals surface area (Å²) >= 11 is 5.87. The highest BCUT2D eigenvalue weighted by Gasteiger charge is 2.29. The highest BCUT2D eigenvalue weighted by Crippen LogP contribution is 2.24. The smallest absolute Gasteiger partial charge is 0.255 e. The Morgan fingerprint density at radius 1 is 0.853 bits per heavy atom. The molecule has 2 aliphatic rings. The van der Waals surface area contributed by atoms with E-state index in [0.717, 1.165) is 19.4 Å². The Morgan fingerprint density at radius 2 is 1.53 bits per heavy atom. The molecule has 1 aliphatic heterocycles. The Morgan fingerprint density at radius 3 is 2.24 bits per heavy atom. The van der Waals surface area contributed by atoms with E-state index < -0.39 is 0 Å². The molecule has 1 heterocycles. The number of carbonyl (C=O) groups excluding carboxylic acids is 3. The number of hydrogen-bond acceptors (Lipinski definition) is 3. The number of anilines is 1. The molecule has 7 heteroatoms. The second-order valence-electron chi connectivity index (χ2n) is 9.38. The van der Waals surface area contributed by atoms with Crippen molar-refractivity contribution in [3.63, 3.8) is 0 Å². The second-order valence-corrected chi connectivity index (χ2v) is 9.81. The summed E-state index contributed by atoms with van der Waals surface area (Å²) in [4.78, 5) is 39.9. The summed E-state index contributed by atoms with van der Waals surface area (Å²) in [7, 11) is 0. The van der Waals surface area contributed by atoms with Crippen molar-refractivity contribution < 1.29 is 14.4 Å². The summed E-state index contributed by atoms with van der Waals surface area (Å²) in [6, 6.07) is 13.5. The Balaban J connectivity index is 1.29. The molecule has 2 aromatic carbocycles. The Labute approximate surface area is 206 Å². The second kappa shape index (κ2) is 11.5. The van der Waals surface area contributed by atoms with Crippen LogP contribution in [0.2, 0.25) is 5.02 Å². The molecule has 180 valence electrons. The predicted molar refractivity (Wildman–Crippen MR) is 134 cm³/mol. The number of halogens is 1. The molecule has 34 heavy (non-hydrogen) atoms. The van der Waals surface area contributed by atoms with Gasteiger partial charge in [0.2, 0.25) is 5.91 Å². The van der Waals surface area contributed by atoms with E-state index in [1.165, 1.54) is 32.1 Å². The lowest BCUT2D eigenvalue weighted by Crippen LogP contribution is -2.46. The van der Waals surface area contributed by atoms with Crippen LogP contribution in [0.15, 0.2) is 48.5 Å². The van der Waals surface area contributed by atoms with E-state index in [1.54, 1.807) is 53.4 Å². The first-order chi connectivity index (χ1) is 16.5. The van der Waals surface area contributed by atoms with E-state index >= 15 is 0 Å². The molecule has 1 saturated heterocycles. The topological polar surface area (TPSA) is 78.5 Å². The Kier molecular flexibility index (Phi) is 8.22. The summed E-state index contributed by atoms with van der Waals surface area (Å²) < 4.78 is 0. The minimum absolute atomic E-state index is 0.0725. The van der Waals surface area contributed by atoms with Gasteiger partial charge in [0.15, 0.2) is 0 Å². The number of carbonyl (C=O) groups is 3. The van der Waals surface area contributed by atoms with Gasteiger partial charge < -0.3 is 15.5 Å². The van der Waals surface area contributed by atoms with Crippen molar-refractivity contribution in [2.45, 2.75) is 44.9 Å². The van der Waals surface area contributed by atoms with Crippen molar-refractivity contribution in [1.29, 1.82) is 0 Å². The van der Waals surface area contributed by atoms with Gasteiger partial charge in [0.25, 0.3) is 11.8 Å². The van der Waals surface area contributed by atoms with Crippen molar-refractivity contribution in [3.8, 4) is 0 Å². The minimum atomic E-state index is -0.242. The highest BCUT2D eigenvalue weighted by molar-refractivity contribution is 6.30. The van der Waals surface area contributed by atoms with Gasteiger partial charge in [0, 0.05) is 41.5 Å². The number of amides is 3. The lowest BCUT2D eigenvalue weighted by molar-refractivity contribution is -0.126. The average molecular weight is 482 g/mol. The van der Waals surface area contributed by atoms with Gasteiger partial charge in [0.05, 0.1) is 5.92 Å². The molecule has 1 unspecified atom stereocenters. The fourth-order valence-electron chi connectivity index (χ4n) is 4.84. The quantitative estimate of drug-likeness (QED) is 0.599. The van der Waals surface area contributed by atoms with Gasteiger partial charge in [-0.05, 0) is 80.1 Å². The summed E-state index contributed by atoms with van der Waals surface area (Å²) in [6.07, 6.45) is 7.86. The van der Waals surface area contributed by atoms with Gasteiger partial charge in [-0.1, -0.05) is 30.9 Å². The molecule has 2 fully saturated rings. The maximum atomic E-state index is 13.1. The van der Waals surface area contributed by atoms with Crippen molar-refractivity contribution in [1.82, 2.24) is 10.2 Å². The molecule has 0 aromatic heterocycles. The van der Waals surface area contributed by atoms with Gasteiger partial charge in [-0.25, -0.2) is 0 Å². The van der Waals surface area contributed by atoms with Crippen LogP contribution in [-0.2, 0) is 4.79 Å². The van der Waals surface area contributed by atoms with Crippen LogP contribution < -0.4 is 10.6 Å². The first kappa shape index (κ1) is 24.3. The van der Waals surface area contributed by atoms with Crippen LogP contribution in [0.5, 0.6) is 0 Å². The number of nitrogens with one attached hydrogen (secondary N) is 2. The molecule has 1 saturated carbocycles. The SMILES string of the molecule is O=C(Nc1ccc(C(=O)N2CCCC(C(=O)NCC3CCCCC3)C2)cc1)c1ccc(Cl)cc1. The van der Waals surface area contributed by atoms with Crippen molar-refractivity contribution >= 4 is 35.0 Å². The third kappa shape index (κ3) is 6.38. The van der Waals surface area contributed by atoms with Crippen LogP contribution >= 0.6 is 11.6 Å². The standard InChI is InChI=1S/C27H32ClN3O3/c28-23-12-8-20(9-13-23)26(33)30-24-14-10-21(11-15-24)27(34)31-16-4-7-22(18-31)25(32)29-17-19-5-2-1-3-6-19/h8-15,19,22H,1-7,16-18H2,(H,29,32)(H,30,33). The zero-order valence-corrected chi connectivity index (χ0v) is 20.2. The molecular formula is C27H32ClN3O3. The molecule has 6 nitrogen and oxygen atoms in total. The number of nitrogens with zero attached hydrogens (tertiary/aromatic N) is 1. The molecule has 1 aliphatic carbocycles. The number of benzene rings is 2. The lowest BCUT2D eigenvalue weighted by atomic mass is 9.89. The lowest BCUT2D eigenvalue weighted by Gasteiger charge is -2.32. The van der Waals surface area contributed by atoms with Gasteiger partial charge in [-0.3, -0.25) is 14.4 Å². The largest absolute Gasteiger partial charge is 0.356 e. The molecule has 3 amide bonds. The van der Waals surface area contributed by atoms with E-state index in [2.05, 4.69) is 10.6 Å². The van der Waals surface area contributed by atoms with Gasteiger partial charge in [0.1, 0.15) is 0 Å². The van der Waals surface area contributed by atoms with Gasteiger partial charge in [-0.15, -0.1) is 0 Å². The molecule has 2 aromatic rings. The summed E-state index contributed by atoms with van der Waals surface area (Å²) in [5.41, 5.74) is 1.66. The van der Waals surface area contributed by atoms with Crippen molar-refractivity contribution in [2.75, 3.05) is 25.0 Å². The van der Waals surface area contributed by atoms with Crippen LogP contribution in [0.25, 0.3) is 0 Å². The van der Waals surface area contributed by atoms with Gasteiger partial charge in [-0.2, -0.15) is 0 Å². The molecule has 2 N–H and O–H groups in total. The third-order valence-electron chi connectivity index (χ3n) is 6.87. The maximum absolute atomic E-state index is 13.1. The van der Waals surface area contributed by atoms with E-state index in [-0.39, 0.29) is 23.6 Å². The average Bonchev–Trinajstić information content (AvgIpc) is 2.88. The van der Waals surface area contributed by atoms with Crippen molar-refractivity contribution in [2.24, 2.45) is 11.8 Å². The van der Waals surface area contributed by atoms with E-state index in [0.29, 0.717) is 40.8 Å². The Hall–Kier alpha value is -2.86. The van der Waals surface area contributed by atoms with Crippen molar-refractivity contribution in [3.05, 3.63) is 64.7 Å². The number of likely N-dealkylation sites (tertiary alicyclic amines) is 1. The summed E-state index contributed by atoms with van der Waals surface area (Å²) in [5.74, 6) is 0.189. The molecule has 1 atom stereocenters. The third-order valence-corrected chi connectivity index (χ3v) is 7.12. The minimum Gasteiger partial charge on any atom is -0.356 e. The van der Waals surface area contributed by atoms with Crippen LogP contribution in [0.1, 0.15) is 65.7 Å². The van der Waals surface area contributed by atoms with Crippen LogP contribution in [0.3, 0.4) is 0 Å². The fraction of sp³-hybridized carbons (Fsp3) is 0.444. The van der Waals surface area contributed by atoms with E-state index in [4.69, 9.17) is 11.6 Å². The predicted octanol–water partition coefficient (Wildman–Crippen LogP) is 5.14. The summed E-state index contributed by atoms with van der Waals surface area (Å²) in [5, 5.41) is 6.54. The number of piperidine rings is 1. The fourth-order valence-corrected chi connectivity index (χ4v) is 4.97. The normalized spacial score (nSPS) is 18.9. The zero-order valence-electron chi connectivity index (χ0n) is 19.4. The molecule has 0 radical (unpaired) electrons. The first-order valence-electron chi connectivity index (χ1n) is 12.2. The molecule has 0 bridgehead atoms. The number of hydrogen-bond donors (Lipinski definition) is 2. The Bertz CT molecular complexity index is 1000. The molecule has 0 spiro atoms. The van der Waals surface area contributed by atoms with Gasteiger partial charge >= 0.3 is 0 Å². The molecule has 4 rings (SSSR count). The highest BCUT2D eigenvalue weighted by atomic mass is 35.5. The number of rotatable bonds is 6. The zero-order chi connectivity index (χ0) is 23.9.